The Morgan fingerprint density at radius 3 is 1.74 bits per heavy atom. The summed E-state index contributed by atoms with van der Waals surface area (Å²) in [7, 11) is -22.4. The molecule has 2 unspecified atom stereocenters. The number of nitrogens with zero attached hydrogens (tertiary/aromatic N) is 5. The van der Waals surface area contributed by atoms with Crippen LogP contribution in [0.15, 0.2) is 18.1 Å². The van der Waals surface area contributed by atoms with Crippen molar-refractivity contribution in [3.05, 3.63) is 0 Å². The van der Waals surface area contributed by atoms with Crippen LogP contribution in [0.1, 0.15) is 0 Å². The molecule has 2 atom stereocenters. The highest BCUT2D eigenvalue weighted by atomic mass is 31.3. The zero-order valence-corrected chi connectivity index (χ0v) is 14.6. The average Bonchev–Trinajstić information content (AvgIpc) is 2.19. The molecule has 0 amide bonds. The zero-order chi connectivity index (χ0) is 18.3. The van der Waals surface area contributed by atoms with Gasteiger partial charge in [-0.15, -0.1) is 34.8 Å². The molecule has 0 saturated carbocycles. The molecule has 1 heterocycles. The van der Waals surface area contributed by atoms with Gasteiger partial charge in [0, 0.05) is 0 Å². The SMILES string of the molecule is CN(C)P1(F)=NP(F)(F)=NP(F)(OCC(F)(F)F)=NP(F)(F)=N1. The van der Waals surface area contributed by atoms with Gasteiger partial charge >= 0.3 is 37.2 Å². The smallest absolute Gasteiger partial charge is 0.294 e. The first kappa shape index (κ1) is 21.3. The number of hydrogen-bond acceptors (Lipinski definition) is 6. The molecule has 0 saturated heterocycles. The zero-order valence-electron chi connectivity index (χ0n) is 11.0. The maximum Gasteiger partial charge on any atom is 0.424 e. The molecule has 0 aromatic heterocycles. The van der Waals surface area contributed by atoms with E-state index in [1.807, 2.05) is 9.03 Å². The molecule has 19 heteroatoms. The molecule has 0 fully saturated rings. The summed E-state index contributed by atoms with van der Waals surface area (Å²) in [5, 5.41) is 0. The molecule has 1 aliphatic heterocycles. The van der Waals surface area contributed by atoms with Crippen molar-refractivity contribution in [1.29, 1.82) is 0 Å². The van der Waals surface area contributed by atoms with E-state index < -0.39 is 43.8 Å². The van der Waals surface area contributed by atoms with Crippen molar-refractivity contribution < 1.29 is 42.9 Å². The summed E-state index contributed by atoms with van der Waals surface area (Å²) in [6.07, 6.45) is -5.21. The lowest BCUT2D eigenvalue weighted by Crippen LogP contribution is -2.15. The molecule has 138 valence electrons. The fourth-order valence-electron chi connectivity index (χ4n) is 0.978. The van der Waals surface area contributed by atoms with Crippen LogP contribution in [0.2, 0.25) is 0 Å². The monoisotopic (exact) mass is 437 g/mol. The second-order valence-corrected chi connectivity index (χ2v) is 11.7. The summed E-state index contributed by atoms with van der Waals surface area (Å²) in [6.45, 7) is -2.48. The van der Waals surface area contributed by atoms with Gasteiger partial charge in [0.2, 0.25) is 0 Å². The van der Waals surface area contributed by atoms with E-state index in [1.54, 1.807) is 0 Å². The lowest BCUT2D eigenvalue weighted by Gasteiger charge is -2.21. The van der Waals surface area contributed by atoms with Gasteiger partial charge in [0.25, 0.3) is 0 Å². The summed E-state index contributed by atoms with van der Waals surface area (Å²) < 4.78 is 130. The molecule has 23 heavy (non-hydrogen) atoms. The lowest BCUT2D eigenvalue weighted by atomic mass is 10.7. The lowest BCUT2D eigenvalue weighted by molar-refractivity contribution is -0.153. The van der Waals surface area contributed by atoms with E-state index in [0.717, 1.165) is 14.1 Å². The predicted molar refractivity (Wildman–Crippen MR) is 69.7 cm³/mol. The first-order valence-corrected chi connectivity index (χ1v) is 11.1. The predicted octanol–water partition coefficient (Wildman–Crippen LogP) is 7.74. The van der Waals surface area contributed by atoms with E-state index >= 15 is 0 Å². The van der Waals surface area contributed by atoms with Crippen LogP contribution < -0.4 is 0 Å². The molecule has 0 radical (unpaired) electrons. The van der Waals surface area contributed by atoms with Crippen LogP contribution in [0.25, 0.3) is 0 Å². The highest BCUT2D eigenvalue weighted by Crippen LogP contribution is 2.82. The second-order valence-electron chi connectivity index (χ2n) is 3.97. The molecular weight excluding hydrogens is 429 g/mol. The van der Waals surface area contributed by atoms with E-state index in [0.29, 0.717) is 0 Å². The van der Waals surface area contributed by atoms with Gasteiger partial charge in [0.05, 0.1) is 0 Å². The summed E-state index contributed by atoms with van der Waals surface area (Å²) in [5.41, 5.74) is 0. The van der Waals surface area contributed by atoms with Gasteiger partial charge in [-0.25, -0.2) is 4.67 Å². The summed E-state index contributed by atoms with van der Waals surface area (Å²) in [6, 6.07) is 0. The summed E-state index contributed by atoms with van der Waals surface area (Å²) >= 11 is 0. The van der Waals surface area contributed by atoms with Crippen molar-refractivity contribution in [2.24, 2.45) is 18.1 Å². The van der Waals surface area contributed by atoms with Gasteiger partial charge in [0.1, 0.15) is 0 Å². The van der Waals surface area contributed by atoms with E-state index in [9.17, 15) is 38.4 Å². The Morgan fingerprint density at radius 2 is 1.30 bits per heavy atom. The Bertz CT molecular complexity index is 685. The van der Waals surface area contributed by atoms with Gasteiger partial charge in [-0.2, -0.15) is 21.6 Å². The van der Waals surface area contributed by atoms with E-state index in [4.69, 9.17) is 0 Å². The molecule has 1 aliphatic rings. The molecule has 0 bridgehead atoms. The quantitative estimate of drug-likeness (QED) is 0.335. The van der Waals surface area contributed by atoms with Crippen molar-refractivity contribution >= 4 is 31.1 Å². The largest absolute Gasteiger partial charge is 0.424 e. The van der Waals surface area contributed by atoms with Gasteiger partial charge < -0.3 is 0 Å². The molecule has 6 nitrogen and oxygen atoms in total. The van der Waals surface area contributed by atoms with Crippen LogP contribution in [0, 0.1) is 0 Å². The van der Waals surface area contributed by atoms with Crippen LogP contribution >= 0.6 is 31.1 Å². The van der Waals surface area contributed by atoms with Gasteiger partial charge in [0.15, 0.2) is 6.61 Å². The van der Waals surface area contributed by atoms with E-state index in [2.05, 4.69) is 13.6 Å². The molecule has 0 aromatic rings. The van der Waals surface area contributed by atoms with Crippen molar-refractivity contribution in [3.8, 4) is 0 Å². The van der Waals surface area contributed by atoms with E-state index in [1.165, 1.54) is 0 Å². The number of halogens is 9. The second kappa shape index (κ2) is 6.50. The summed E-state index contributed by atoms with van der Waals surface area (Å²) in [5.74, 6) is 0. The Hall–Kier alpha value is 0.210. The van der Waals surface area contributed by atoms with Crippen molar-refractivity contribution in [2.75, 3.05) is 20.7 Å². The molecule has 1 rings (SSSR count). The maximum atomic E-state index is 14.1. The fourth-order valence-corrected chi connectivity index (χ4v) is 9.16. The average molecular weight is 437 g/mol. The molecule has 0 N–H and O–H groups in total. The van der Waals surface area contributed by atoms with Gasteiger partial charge in [-0.05, 0) is 14.1 Å². The molecule has 0 aliphatic carbocycles. The minimum atomic E-state index is -6.28. The Balaban J connectivity index is 3.56. The minimum absolute atomic E-state index is 0.236. The van der Waals surface area contributed by atoms with Crippen LogP contribution in [-0.4, -0.2) is 31.5 Å². The Morgan fingerprint density at radius 1 is 0.826 bits per heavy atom. The molecular formula is C4H8F9N5OP4. The third-order valence-corrected chi connectivity index (χ3v) is 10.3. The van der Waals surface area contributed by atoms with Crippen LogP contribution in [0.3, 0.4) is 0 Å². The molecule has 0 spiro atoms. The maximum absolute atomic E-state index is 14.1. The van der Waals surface area contributed by atoms with Crippen molar-refractivity contribution in [3.63, 3.8) is 0 Å². The third kappa shape index (κ3) is 6.55. The Labute approximate surface area is 124 Å². The van der Waals surface area contributed by atoms with Gasteiger partial charge in [-0.3, -0.25) is 4.52 Å². The number of rotatable bonds is 3. The normalized spacial score (nSPS) is 33.6. The highest BCUT2D eigenvalue weighted by Gasteiger charge is 2.42. The standard InChI is InChI=1S/C4H8F9N5OP4/c1-18(2)22(12)14-20(8,9)16-23(13,17-21(10,11)15-22)19-3-4(5,6)7/h3H2,1-2H3. The first-order valence-electron chi connectivity index (χ1n) is 5.10. The highest BCUT2D eigenvalue weighted by molar-refractivity contribution is 7.78. The number of alkyl halides is 3. The topological polar surface area (TPSA) is 61.9 Å². The van der Waals surface area contributed by atoms with Crippen LogP contribution in [0.5, 0.6) is 0 Å². The van der Waals surface area contributed by atoms with Crippen molar-refractivity contribution in [2.45, 2.75) is 6.18 Å². The number of hydrogen-bond donors (Lipinski definition) is 0. The first-order chi connectivity index (χ1) is 9.98. The summed E-state index contributed by atoms with van der Waals surface area (Å²) in [4.78, 5) is 0. The Kier molecular flexibility index (Phi) is 6.01. The van der Waals surface area contributed by atoms with Crippen LogP contribution in [-0.2, 0) is 4.52 Å². The fraction of sp³-hybridized carbons (Fsp3) is 1.00. The minimum Gasteiger partial charge on any atom is -0.294 e. The van der Waals surface area contributed by atoms with Crippen molar-refractivity contribution in [1.82, 2.24) is 4.67 Å². The molecule has 0 aromatic carbocycles. The van der Waals surface area contributed by atoms with E-state index in [-0.39, 0.29) is 4.67 Å². The van der Waals surface area contributed by atoms with Crippen LogP contribution in [0.4, 0.5) is 38.4 Å². The van der Waals surface area contributed by atoms with Gasteiger partial charge in [-0.1, -0.05) is 0 Å². The third-order valence-electron chi connectivity index (χ3n) is 1.78.